The summed E-state index contributed by atoms with van der Waals surface area (Å²) in [6.07, 6.45) is 5.61. The third kappa shape index (κ3) is 3.19. The fraction of sp³-hybridized carbons (Fsp3) is 0.429. The van der Waals surface area contributed by atoms with E-state index in [0.717, 1.165) is 48.5 Å². The molecule has 1 fully saturated rings. The molecule has 0 spiro atoms. The molecule has 2 aromatic rings. The highest BCUT2D eigenvalue weighted by Gasteiger charge is 2.27. The molecule has 2 heterocycles. The van der Waals surface area contributed by atoms with Gasteiger partial charge in [-0.15, -0.1) is 0 Å². The van der Waals surface area contributed by atoms with Gasteiger partial charge in [0.1, 0.15) is 5.75 Å². The second-order valence-electron chi connectivity index (χ2n) is 6.75. The first kappa shape index (κ1) is 16.3. The van der Waals surface area contributed by atoms with Crippen LogP contribution in [-0.4, -0.2) is 30.5 Å². The van der Waals surface area contributed by atoms with Crippen molar-refractivity contribution in [3.8, 4) is 5.75 Å². The van der Waals surface area contributed by atoms with Crippen molar-refractivity contribution in [2.75, 3.05) is 13.7 Å². The van der Waals surface area contributed by atoms with E-state index in [1.165, 1.54) is 11.1 Å². The molecule has 4 rings (SSSR count). The Kier molecular flexibility index (Phi) is 4.53. The number of hydrogen-bond donors (Lipinski definition) is 0. The number of hydrogen-bond acceptors (Lipinski definition) is 4. The van der Waals surface area contributed by atoms with Crippen molar-refractivity contribution < 1.29 is 9.47 Å². The molecule has 25 heavy (non-hydrogen) atoms. The molecule has 0 amide bonds. The first-order valence-corrected chi connectivity index (χ1v) is 9.08. The van der Waals surface area contributed by atoms with Crippen LogP contribution < -0.4 is 4.74 Å². The fourth-order valence-electron chi connectivity index (χ4n) is 3.91. The summed E-state index contributed by atoms with van der Waals surface area (Å²) in [5.41, 5.74) is 5.82. The molecule has 1 aliphatic carbocycles. The zero-order chi connectivity index (χ0) is 17.2. The van der Waals surface area contributed by atoms with Gasteiger partial charge in [-0.25, -0.2) is 0 Å². The maximum absolute atomic E-state index is 5.66. The summed E-state index contributed by atoms with van der Waals surface area (Å²) in [6.45, 7) is 3.42. The van der Waals surface area contributed by atoms with Gasteiger partial charge in [-0.05, 0) is 56.0 Å². The maximum Gasteiger partial charge on any atom is 0.119 e. The van der Waals surface area contributed by atoms with Crippen LogP contribution in [0.2, 0.25) is 0 Å². The highest BCUT2D eigenvalue weighted by atomic mass is 16.5. The van der Waals surface area contributed by atoms with Crippen molar-refractivity contribution in [2.24, 2.45) is 4.99 Å². The van der Waals surface area contributed by atoms with Gasteiger partial charge in [0, 0.05) is 36.0 Å². The number of ether oxygens (including phenoxy) is 2. The molecule has 4 nitrogen and oxygen atoms in total. The highest BCUT2D eigenvalue weighted by molar-refractivity contribution is 6.15. The van der Waals surface area contributed by atoms with Gasteiger partial charge < -0.3 is 9.47 Å². The average molecular weight is 336 g/mol. The molecule has 130 valence electrons. The average Bonchev–Trinajstić information content (AvgIpc) is 3.29. The smallest absolute Gasteiger partial charge is 0.119 e. The Morgan fingerprint density at radius 3 is 2.88 bits per heavy atom. The Morgan fingerprint density at radius 2 is 2.08 bits per heavy atom. The number of methoxy groups -OCH3 is 1. The van der Waals surface area contributed by atoms with Crippen molar-refractivity contribution in [1.29, 1.82) is 0 Å². The fourth-order valence-corrected chi connectivity index (χ4v) is 3.91. The van der Waals surface area contributed by atoms with Crippen LogP contribution in [-0.2, 0) is 11.3 Å². The Hall–Kier alpha value is -2.20. The van der Waals surface area contributed by atoms with E-state index in [1.54, 1.807) is 7.11 Å². The van der Waals surface area contributed by atoms with Gasteiger partial charge in [0.2, 0.25) is 0 Å². The van der Waals surface area contributed by atoms with Gasteiger partial charge >= 0.3 is 0 Å². The number of rotatable bonds is 5. The zero-order valence-electron chi connectivity index (χ0n) is 14.9. The lowest BCUT2D eigenvalue weighted by molar-refractivity contribution is 0.108. The Morgan fingerprint density at radius 1 is 1.16 bits per heavy atom. The summed E-state index contributed by atoms with van der Waals surface area (Å²) in [5.74, 6) is 1.39. The minimum absolute atomic E-state index is 0.369. The Balaban J connectivity index is 1.62. The maximum atomic E-state index is 5.66. The number of pyridine rings is 1. The van der Waals surface area contributed by atoms with Crippen LogP contribution in [0.15, 0.2) is 41.5 Å². The number of aliphatic imine (C=N–C) groups is 1. The molecule has 2 atom stereocenters. The summed E-state index contributed by atoms with van der Waals surface area (Å²) in [6, 6.07) is 10.5. The first-order valence-electron chi connectivity index (χ1n) is 9.08. The van der Waals surface area contributed by atoms with E-state index < -0.39 is 0 Å². The van der Waals surface area contributed by atoms with Gasteiger partial charge in [0.05, 0.1) is 25.0 Å². The summed E-state index contributed by atoms with van der Waals surface area (Å²) in [4.78, 5) is 9.41. The van der Waals surface area contributed by atoms with E-state index in [0.29, 0.717) is 18.6 Å². The lowest BCUT2D eigenvalue weighted by atomic mass is 9.96. The normalized spacial score (nSPS) is 21.9. The van der Waals surface area contributed by atoms with Crippen molar-refractivity contribution in [2.45, 2.75) is 44.8 Å². The summed E-state index contributed by atoms with van der Waals surface area (Å²) in [5, 5.41) is 0. The molecule has 1 aliphatic heterocycles. The topological polar surface area (TPSA) is 43.7 Å². The van der Waals surface area contributed by atoms with Crippen LogP contribution >= 0.6 is 0 Å². The molecule has 0 radical (unpaired) electrons. The van der Waals surface area contributed by atoms with Crippen molar-refractivity contribution in [3.05, 3.63) is 58.9 Å². The van der Waals surface area contributed by atoms with E-state index in [2.05, 4.69) is 29.2 Å². The first-order chi connectivity index (χ1) is 12.3. The molecule has 0 bridgehead atoms. The molecule has 4 heteroatoms. The number of fused-ring (bicyclic) bond motifs is 1. The SMILES string of the molecule is CCOc1ccc2c(c1)C(c1ccnc(C3CC[C@H](OC)C3)c1)=NC2. The van der Waals surface area contributed by atoms with Crippen LogP contribution in [0.4, 0.5) is 0 Å². The number of nitrogens with zero attached hydrogens (tertiary/aromatic N) is 2. The second-order valence-corrected chi connectivity index (χ2v) is 6.75. The van der Waals surface area contributed by atoms with Gasteiger partial charge in [0.15, 0.2) is 0 Å². The molecule has 1 aromatic carbocycles. The molecule has 1 saturated carbocycles. The van der Waals surface area contributed by atoms with E-state index in [1.807, 2.05) is 19.2 Å². The molecular formula is C21H24N2O2. The number of aromatic nitrogens is 1. The van der Waals surface area contributed by atoms with Crippen LogP contribution in [0.25, 0.3) is 0 Å². The van der Waals surface area contributed by atoms with Crippen LogP contribution in [0, 0.1) is 0 Å². The lowest BCUT2D eigenvalue weighted by Gasteiger charge is -2.12. The predicted molar refractivity (Wildman–Crippen MR) is 98.6 cm³/mol. The minimum atomic E-state index is 0.369. The van der Waals surface area contributed by atoms with E-state index in [9.17, 15) is 0 Å². The van der Waals surface area contributed by atoms with E-state index >= 15 is 0 Å². The lowest BCUT2D eigenvalue weighted by Crippen LogP contribution is -2.07. The molecule has 0 N–H and O–H groups in total. The quantitative estimate of drug-likeness (QED) is 0.825. The molecule has 1 aromatic heterocycles. The second kappa shape index (κ2) is 6.96. The predicted octanol–water partition coefficient (Wildman–Crippen LogP) is 4.11. The van der Waals surface area contributed by atoms with Crippen molar-refractivity contribution in [1.82, 2.24) is 4.98 Å². The summed E-state index contributed by atoms with van der Waals surface area (Å²) in [7, 11) is 1.80. The van der Waals surface area contributed by atoms with E-state index in [-0.39, 0.29) is 0 Å². The van der Waals surface area contributed by atoms with E-state index in [4.69, 9.17) is 14.5 Å². The molecular weight excluding hydrogens is 312 g/mol. The van der Waals surface area contributed by atoms with Gasteiger partial charge in [-0.1, -0.05) is 6.07 Å². The Bertz CT molecular complexity index is 800. The van der Waals surface area contributed by atoms with Crippen molar-refractivity contribution in [3.63, 3.8) is 0 Å². The van der Waals surface area contributed by atoms with Crippen LogP contribution in [0.5, 0.6) is 5.75 Å². The van der Waals surface area contributed by atoms with Gasteiger partial charge in [-0.3, -0.25) is 9.98 Å². The van der Waals surface area contributed by atoms with Crippen LogP contribution in [0.3, 0.4) is 0 Å². The van der Waals surface area contributed by atoms with Gasteiger partial charge in [-0.2, -0.15) is 0 Å². The highest BCUT2D eigenvalue weighted by Crippen LogP contribution is 2.35. The standard InChI is InChI=1S/C21H24N2O2/c1-3-25-18-7-5-16-13-23-21(19(16)12-18)15-8-9-22-20(11-15)14-4-6-17(10-14)24-2/h5,7-9,11-12,14,17H,3-4,6,10,13H2,1-2H3/t14?,17-/m0/s1. The minimum Gasteiger partial charge on any atom is -0.494 e. The zero-order valence-corrected chi connectivity index (χ0v) is 14.9. The largest absolute Gasteiger partial charge is 0.494 e. The third-order valence-electron chi connectivity index (χ3n) is 5.25. The monoisotopic (exact) mass is 336 g/mol. The summed E-state index contributed by atoms with van der Waals surface area (Å²) < 4.78 is 11.2. The Labute approximate surface area is 148 Å². The number of benzene rings is 1. The summed E-state index contributed by atoms with van der Waals surface area (Å²) >= 11 is 0. The van der Waals surface area contributed by atoms with Crippen molar-refractivity contribution >= 4 is 5.71 Å². The van der Waals surface area contributed by atoms with Crippen LogP contribution in [0.1, 0.15) is 54.5 Å². The molecule has 1 unspecified atom stereocenters. The third-order valence-corrected chi connectivity index (χ3v) is 5.25. The van der Waals surface area contributed by atoms with Gasteiger partial charge in [0.25, 0.3) is 0 Å². The molecule has 0 saturated heterocycles. The molecule has 2 aliphatic rings.